The Morgan fingerprint density at radius 1 is 1.36 bits per heavy atom. The van der Waals surface area contributed by atoms with Crippen LogP contribution in [0.3, 0.4) is 0 Å². The largest absolute Gasteiger partial charge is 0.381 e. The Morgan fingerprint density at radius 3 is 2.91 bits per heavy atom. The molecular weight excluding hydrogens is 282 g/mol. The zero-order valence-corrected chi connectivity index (χ0v) is 12.5. The third-order valence-corrected chi connectivity index (χ3v) is 3.72. The van der Waals surface area contributed by atoms with Crippen LogP contribution >= 0.6 is 0 Å². The third kappa shape index (κ3) is 3.51. The quantitative estimate of drug-likeness (QED) is 0.912. The third-order valence-electron chi connectivity index (χ3n) is 3.72. The number of hydrogen-bond donors (Lipinski definition) is 1. The van der Waals surface area contributed by atoms with Gasteiger partial charge < -0.3 is 14.6 Å². The van der Waals surface area contributed by atoms with E-state index < -0.39 is 0 Å². The summed E-state index contributed by atoms with van der Waals surface area (Å²) < 4.78 is 10.5. The minimum absolute atomic E-state index is 0.0936. The van der Waals surface area contributed by atoms with Crippen LogP contribution in [0.2, 0.25) is 0 Å². The number of amides is 1. The summed E-state index contributed by atoms with van der Waals surface area (Å²) in [6.07, 6.45) is 1.46. The smallest absolute Gasteiger partial charge is 0.251 e. The number of carbonyl (C=O) groups is 1. The summed E-state index contributed by atoms with van der Waals surface area (Å²) in [6, 6.07) is 7.47. The first-order valence-corrected chi connectivity index (χ1v) is 7.47. The first kappa shape index (κ1) is 14.7. The summed E-state index contributed by atoms with van der Waals surface area (Å²) in [7, 11) is 0. The summed E-state index contributed by atoms with van der Waals surface area (Å²) in [5, 5.41) is 6.84. The van der Waals surface area contributed by atoms with Crippen LogP contribution in [-0.2, 0) is 11.2 Å². The number of nitrogens with zero attached hydrogens (tertiary/aromatic N) is 2. The average Bonchev–Trinajstić information content (AvgIpc) is 3.19. The molecule has 1 atom stereocenters. The number of aromatic nitrogens is 2. The van der Waals surface area contributed by atoms with E-state index in [1.165, 1.54) is 0 Å². The molecule has 0 unspecified atom stereocenters. The van der Waals surface area contributed by atoms with E-state index in [0.29, 0.717) is 36.9 Å². The van der Waals surface area contributed by atoms with Gasteiger partial charge in [-0.3, -0.25) is 4.79 Å². The fourth-order valence-corrected chi connectivity index (χ4v) is 2.36. The molecule has 0 saturated carbocycles. The standard InChI is InChI=1S/C16H19N3O3/c1-11-2-4-12(5-3-11)16(20)17-8-6-14-18-15(19-22-14)13-7-9-21-10-13/h2-5,13H,6-10H2,1H3,(H,17,20)/t13-/m1/s1. The molecule has 1 amide bonds. The molecule has 1 aromatic heterocycles. The SMILES string of the molecule is Cc1ccc(C(=O)NCCc2nc([C@@H]3CCOC3)no2)cc1. The van der Waals surface area contributed by atoms with Crippen molar-refractivity contribution in [2.45, 2.75) is 25.7 Å². The molecule has 1 aliphatic heterocycles. The zero-order chi connectivity index (χ0) is 15.4. The summed E-state index contributed by atoms with van der Waals surface area (Å²) in [5.74, 6) is 1.40. The van der Waals surface area contributed by atoms with E-state index in [1.807, 2.05) is 31.2 Å². The maximum absolute atomic E-state index is 12.0. The second-order valence-corrected chi connectivity index (χ2v) is 5.48. The van der Waals surface area contributed by atoms with Crippen molar-refractivity contribution >= 4 is 5.91 Å². The van der Waals surface area contributed by atoms with Gasteiger partial charge >= 0.3 is 0 Å². The lowest BCUT2D eigenvalue weighted by molar-refractivity contribution is 0.0953. The molecule has 116 valence electrons. The van der Waals surface area contributed by atoms with E-state index in [9.17, 15) is 4.79 Å². The highest BCUT2D eigenvalue weighted by Crippen LogP contribution is 2.22. The molecule has 0 aliphatic carbocycles. The van der Waals surface area contributed by atoms with Crippen LogP contribution in [0.1, 0.15) is 40.0 Å². The van der Waals surface area contributed by atoms with Crippen LogP contribution in [0, 0.1) is 6.92 Å². The number of nitrogens with one attached hydrogen (secondary N) is 1. The van der Waals surface area contributed by atoms with Gasteiger partial charge in [0.2, 0.25) is 5.89 Å². The van der Waals surface area contributed by atoms with Crippen molar-refractivity contribution in [3.63, 3.8) is 0 Å². The van der Waals surface area contributed by atoms with Crippen molar-refractivity contribution in [2.75, 3.05) is 19.8 Å². The molecule has 1 aromatic carbocycles. The molecule has 0 radical (unpaired) electrons. The van der Waals surface area contributed by atoms with Gasteiger partial charge in [-0.2, -0.15) is 4.98 Å². The molecule has 2 heterocycles. The summed E-state index contributed by atoms with van der Waals surface area (Å²) in [6.45, 7) is 3.87. The fraction of sp³-hybridized carbons (Fsp3) is 0.438. The number of carbonyl (C=O) groups excluding carboxylic acids is 1. The maximum Gasteiger partial charge on any atom is 0.251 e. The van der Waals surface area contributed by atoms with Crippen molar-refractivity contribution in [1.82, 2.24) is 15.5 Å². The number of rotatable bonds is 5. The van der Waals surface area contributed by atoms with E-state index in [1.54, 1.807) is 0 Å². The molecule has 1 fully saturated rings. The molecule has 1 saturated heterocycles. The normalized spacial score (nSPS) is 17.6. The summed E-state index contributed by atoms with van der Waals surface area (Å²) >= 11 is 0. The Bertz CT molecular complexity index is 630. The lowest BCUT2D eigenvalue weighted by Crippen LogP contribution is -2.25. The fourth-order valence-electron chi connectivity index (χ4n) is 2.36. The lowest BCUT2D eigenvalue weighted by atomic mass is 10.1. The van der Waals surface area contributed by atoms with E-state index in [-0.39, 0.29) is 11.8 Å². The van der Waals surface area contributed by atoms with Crippen LogP contribution in [0.5, 0.6) is 0 Å². The first-order chi connectivity index (χ1) is 10.7. The highest BCUT2D eigenvalue weighted by molar-refractivity contribution is 5.94. The van der Waals surface area contributed by atoms with Gasteiger partial charge in [0.15, 0.2) is 5.82 Å². The van der Waals surface area contributed by atoms with E-state index in [2.05, 4.69) is 15.5 Å². The Kier molecular flexibility index (Phi) is 4.48. The monoisotopic (exact) mass is 301 g/mol. The number of ether oxygens (including phenoxy) is 1. The van der Waals surface area contributed by atoms with Crippen LogP contribution in [0.15, 0.2) is 28.8 Å². The van der Waals surface area contributed by atoms with Crippen molar-refractivity contribution in [3.8, 4) is 0 Å². The second kappa shape index (κ2) is 6.70. The highest BCUT2D eigenvalue weighted by atomic mass is 16.5. The Morgan fingerprint density at radius 2 is 2.18 bits per heavy atom. The minimum atomic E-state index is -0.0936. The van der Waals surface area contributed by atoms with E-state index >= 15 is 0 Å². The lowest BCUT2D eigenvalue weighted by Gasteiger charge is -2.03. The van der Waals surface area contributed by atoms with Gasteiger partial charge in [-0.05, 0) is 25.5 Å². The molecule has 2 aromatic rings. The van der Waals surface area contributed by atoms with E-state index in [0.717, 1.165) is 18.6 Å². The molecule has 22 heavy (non-hydrogen) atoms. The van der Waals surface area contributed by atoms with Crippen molar-refractivity contribution < 1.29 is 14.1 Å². The topological polar surface area (TPSA) is 77.2 Å². The van der Waals surface area contributed by atoms with Gasteiger partial charge in [-0.15, -0.1) is 0 Å². The molecule has 6 heteroatoms. The summed E-state index contributed by atoms with van der Waals surface area (Å²) in [5.41, 5.74) is 1.78. The van der Waals surface area contributed by atoms with Gasteiger partial charge in [0.25, 0.3) is 5.91 Å². The summed E-state index contributed by atoms with van der Waals surface area (Å²) in [4.78, 5) is 16.3. The average molecular weight is 301 g/mol. The minimum Gasteiger partial charge on any atom is -0.381 e. The Labute approximate surface area is 128 Å². The van der Waals surface area contributed by atoms with Gasteiger partial charge in [-0.25, -0.2) is 0 Å². The molecule has 3 rings (SSSR count). The highest BCUT2D eigenvalue weighted by Gasteiger charge is 2.22. The predicted molar refractivity (Wildman–Crippen MR) is 79.7 cm³/mol. The maximum atomic E-state index is 12.0. The van der Waals surface area contributed by atoms with Crippen molar-refractivity contribution in [1.29, 1.82) is 0 Å². The van der Waals surface area contributed by atoms with E-state index in [4.69, 9.17) is 9.26 Å². The molecular formula is C16H19N3O3. The molecule has 0 spiro atoms. The van der Waals surface area contributed by atoms with Crippen LogP contribution < -0.4 is 5.32 Å². The molecule has 1 aliphatic rings. The van der Waals surface area contributed by atoms with Crippen molar-refractivity contribution in [3.05, 3.63) is 47.1 Å². The molecule has 6 nitrogen and oxygen atoms in total. The van der Waals surface area contributed by atoms with Crippen molar-refractivity contribution in [2.24, 2.45) is 0 Å². The Hall–Kier alpha value is -2.21. The first-order valence-electron chi connectivity index (χ1n) is 7.47. The van der Waals surface area contributed by atoms with Gasteiger partial charge in [0, 0.05) is 31.1 Å². The van der Waals surface area contributed by atoms with Crippen LogP contribution in [-0.4, -0.2) is 35.8 Å². The van der Waals surface area contributed by atoms with Gasteiger partial charge in [0.1, 0.15) is 0 Å². The number of hydrogen-bond acceptors (Lipinski definition) is 5. The van der Waals surface area contributed by atoms with Crippen LogP contribution in [0.25, 0.3) is 0 Å². The predicted octanol–water partition coefficient (Wildman–Crippen LogP) is 1.85. The van der Waals surface area contributed by atoms with Gasteiger partial charge in [0.05, 0.1) is 6.61 Å². The van der Waals surface area contributed by atoms with Gasteiger partial charge in [-0.1, -0.05) is 22.9 Å². The number of benzene rings is 1. The number of aryl methyl sites for hydroxylation is 1. The second-order valence-electron chi connectivity index (χ2n) is 5.48. The zero-order valence-electron chi connectivity index (χ0n) is 12.5. The molecule has 0 bridgehead atoms. The molecule has 1 N–H and O–H groups in total. The Balaban J connectivity index is 1.48. The van der Waals surface area contributed by atoms with Crippen LogP contribution in [0.4, 0.5) is 0 Å².